The fraction of sp³-hybridized carbons (Fsp3) is 0.833. The van der Waals surface area contributed by atoms with Gasteiger partial charge < -0.3 is 9.66 Å². The topological polar surface area (TPSA) is 73.1 Å². The highest BCUT2D eigenvalue weighted by molar-refractivity contribution is 14.1. The molecule has 5 nitrogen and oxygen atoms in total. The van der Waals surface area contributed by atoms with E-state index in [0.29, 0.717) is 30.2 Å². The Labute approximate surface area is 167 Å². The molecule has 5 atom stereocenters. The van der Waals surface area contributed by atoms with Crippen LogP contribution in [0.15, 0.2) is 6.07 Å². The second kappa shape index (κ2) is 6.96. The monoisotopic (exact) mass is 479 g/mol. The molecule has 1 aromatic rings. The number of fused-ring (bicyclic) bond motifs is 1. The van der Waals surface area contributed by atoms with Gasteiger partial charge in [0.1, 0.15) is 8.45 Å². The van der Waals surface area contributed by atoms with Crippen LogP contribution in [0.1, 0.15) is 71.5 Å². The summed E-state index contributed by atoms with van der Waals surface area (Å²) >= 11 is 1.19. The summed E-state index contributed by atoms with van der Waals surface area (Å²) in [5.74, 6) is 1.79. The first-order valence-electron chi connectivity index (χ1n) is 9.13. The highest BCUT2D eigenvalue weighted by Gasteiger charge is 2.64. The van der Waals surface area contributed by atoms with Crippen LogP contribution >= 0.6 is 22.6 Å². The summed E-state index contributed by atoms with van der Waals surface area (Å²) in [7, 11) is 0. The lowest BCUT2D eigenvalue weighted by Crippen LogP contribution is -2.53. The maximum Gasteiger partial charge on any atom is 0.136 e. The maximum atomic E-state index is 12.6. The van der Waals surface area contributed by atoms with Crippen LogP contribution in [0, 0.1) is 15.5 Å². The van der Waals surface area contributed by atoms with Crippen LogP contribution in [0.25, 0.3) is 0 Å². The van der Waals surface area contributed by atoms with Crippen molar-refractivity contribution in [2.75, 3.05) is 6.61 Å². The van der Waals surface area contributed by atoms with Crippen molar-refractivity contribution in [1.82, 2.24) is 14.5 Å². The lowest BCUT2D eigenvalue weighted by molar-refractivity contribution is 0.215. The number of hydrogen-bond donors (Lipinski definition) is 2. The molecule has 2 saturated carbocycles. The van der Waals surface area contributed by atoms with E-state index >= 15 is 0 Å². The smallest absolute Gasteiger partial charge is 0.136 e. The molecule has 2 N–H and O–H groups in total. The third kappa shape index (κ3) is 3.90. The lowest BCUT2D eigenvalue weighted by atomic mass is 9.88. The lowest BCUT2D eigenvalue weighted by Gasteiger charge is -2.36. The molecule has 1 heterocycles. The minimum Gasteiger partial charge on any atom is -0.598 e. The normalized spacial score (nSPS) is 32.9. The molecule has 7 heteroatoms. The van der Waals surface area contributed by atoms with E-state index in [1.807, 2.05) is 20.8 Å². The minimum absolute atomic E-state index is 0.139. The zero-order valence-electron chi connectivity index (χ0n) is 15.8. The van der Waals surface area contributed by atoms with Gasteiger partial charge in [-0.25, -0.2) is 0 Å². The summed E-state index contributed by atoms with van der Waals surface area (Å²) in [6.07, 6.45) is 2.66. The van der Waals surface area contributed by atoms with Crippen molar-refractivity contribution < 1.29 is 9.66 Å². The van der Waals surface area contributed by atoms with E-state index in [2.05, 4.69) is 57.0 Å². The predicted molar refractivity (Wildman–Crippen MR) is 110 cm³/mol. The summed E-state index contributed by atoms with van der Waals surface area (Å²) in [4.78, 5) is 0. The Morgan fingerprint density at radius 3 is 2.52 bits per heavy atom. The summed E-state index contributed by atoms with van der Waals surface area (Å²) < 4.78 is 19.0. The number of hydrogen-bond acceptors (Lipinski definition) is 4. The second-order valence-electron chi connectivity index (χ2n) is 8.93. The molecule has 0 unspecified atom stereocenters. The molecular weight excluding hydrogens is 449 g/mol. The first-order valence-corrected chi connectivity index (χ1v) is 11.4. The summed E-state index contributed by atoms with van der Waals surface area (Å²) in [6, 6.07) is 2.59. The van der Waals surface area contributed by atoms with Gasteiger partial charge in [0.25, 0.3) is 0 Å². The van der Waals surface area contributed by atoms with Crippen molar-refractivity contribution in [2.24, 2.45) is 11.8 Å². The number of nitrogens with one attached hydrogen (secondary N) is 1. The summed E-state index contributed by atoms with van der Waals surface area (Å²) in [5.41, 5.74) is 1.16. The van der Waals surface area contributed by atoms with E-state index in [9.17, 15) is 9.66 Å². The molecule has 0 amide bonds. The van der Waals surface area contributed by atoms with Gasteiger partial charge in [0, 0.05) is 35.6 Å². The van der Waals surface area contributed by atoms with Gasteiger partial charge in [0.05, 0.1) is 5.54 Å². The van der Waals surface area contributed by atoms with Gasteiger partial charge in [-0.2, -0.15) is 5.10 Å². The van der Waals surface area contributed by atoms with Crippen LogP contribution in [0.3, 0.4) is 0 Å². The fourth-order valence-corrected chi connectivity index (χ4v) is 5.89. The van der Waals surface area contributed by atoms with Crippen LogP contribution in [0.2, 0.25) is 0 Å². The van der Waals surface area contributed by atoms with Crippen molar-refractivity contribution in [1.29, 1.82) is 0 Å². The third-order valence-electron chi connectivity index (χ3n) is 5.61. The van der Waals surface area contributed by atoms with Gasteiger partial charge in [0.15, 0.2) is 0 Å². The van der Waals surface area contributed by atoms with Crippen molar-refractivity contribution >= 4 is 34.0 Å². The van der Waals surface area contributed by atoms with E-state index in [0.717, 1.165) is 16.5 Å². The van der Waals surface area contributed by atoms with Crippen molar-refractivity contribution in [3.05, 3.63) is 15.5 Å². The Morgan fingerprint density at radius 2 is 2.04 bits per heavy atom. The van der Waals surface area contributed by atoms with Crippen LogP contribution < -0.4 is 4.72 Å². The van der Waals surface area contributed by atoms with Crippen LogP contribution in [-0.2, 0) is 11.4 Å². The van der Waals surface area contributed by atoms with Gasteiger partial charge in [0.2, 0.25) is 0 Å². The largest absolute Gasteiger partial charge is 0.598 e. The molecular formula is C18H30IN3O2S. The van der Waals surface area contributed by atoms with E-state index in [4.69, 9.17) is 0 Å². The second-order valence-corrected chi connectivity index (χ2v) is 12.0. The highest BCUT2D eigenvalue weighted by atomic mass is 127. The fourth-order valence-electron chi connectivity index (χ4n) is 4.37. The molecule has 1 aromatic heterocycles. The molecule has 142 valence electrons. The first-order chi connectivity index (χ1) is 11.6. The van der Waals surface area contributed by atoms with Crippen LogP contribution in [-0.4, -0.2) is 36.3 Å². The molecule has 3 rings (SSSR count). The van der Waals surface area contributed by atoms with Gasteiger partial charge >= 0.3 is 0 Å². The van der Waals surface area contributed by atoms with E-state index in [-0.39, 0.29) is 16.9 Å². The standard InChI is InChI=1S/C18H30IN3O2S/c1-11(2)22-14(8-15(19)20-22)16-12-9-18(6-7-23,10-13(12)16)21-25(24)17(3,4)5/h8,11-13,16,21,23H,6-7,9-10H2,1-5H3/t12-,13+,16+,18+,25-/m0/s1. The molecule has 25 heavy (non-hydrogen) atoms. The van der Waals surface area contributed by atoms with E-state index in [1.165, 1.54) is 5.69 Å². The Morgan fingerprint density at radius 1 is 1.44 bits per heavy atom. The molecule has 0 aromatic carbocycles. The number of nitrogens with zero attached hydrogens (tertiary/aromatic N) is 2. The van der Waals surface area contributed by atoms with E-state index in [1.54, 1.807) is 0 Å². The maximum absolute atomic E-state index is 12.6. The van der Waals surface area contributed by atoms with Gasteiger partial charge in [-0.05, 0) is 94.4 Å². The number of rotatable bonds is 6. The predicted octanol–water partition coefficient (Wildman–Crippen LogP) is 3.37. The molecule has 0 aliphatic heterocycles. The molecule has 0 radical (unpaired) electrons. The van der Waals surface area contributed by atoms with Gasteiger partial charge in [-0.15, -0.1) is 4.72 Å². The molecule has 2 aliphatic rings. The molecule has 2 fully saturated rings. The van der Waals surface area contributed by atoms with Gasteiger partial charge in [-0.1, -0.05) is 0 Å². The average Bonchev–Trinajstić information content (AvgIpc) is 2.82. The zero-order chi connectivity index (χ0) is 18.6. The Hall–Kier alpha value is 0.170. The number of halogens is 1. The zero-order valence-corrected chi connectivity index (χ0v) is 18.7. The summed E-state index contributed by atoms with van der Waals surface area (Å²) in [6.45, 7) is 10.5. The highest BCUT2D eigenvalue weighted by Crippen LogP contribution is 2.66. The number of aliphatic hydroxyl groups is 1. The van der Waals surface area contributed by atoms with Crippen molar-refractivity contribution in [3.63, 3.8) is 0 Å². The number of aromatic nitrogens is 2. The third-order valence-corrected chi connectivity index (χ3v) is 7.86. The molecule has 2 aliphatic carbocycles. The minimum atomic E-state index is -1.11. The van der Waals surface area contributed by atoms with Crippen molar-refractivity contribution in [3.8, 4) is 0 Å². The van der Waals surface area contributed by atoms with Crippen molar-refractivity contribution in [2.45, 2.75) is 76.1 Å². The average molecular weight is 479 g/mol. The van der Waals surface area contributed by atoms with Crippen LogP contribution in [0.4, 0.5) is 0 Å². The number of aliphatic hydroxyl groups excluding tert-OH is 1. The van der Waals surface area contributed by atoms with Crippen LogP contribution in [0.5, 0.6) is 0 Å². The summed E-state index contributed by atoms with van der Waals surface area (Å²) in [5, 5.41) is 14.2. The van der Waals surface area contributed by atoms with Gasteiger partial charge in [-0.3, -0.25) is 4.68 Å². The Bertz CT molecular complexity index is 616. The Balaban J connectivity index is 1.73. The van der Waals surface area contributed by atoms with E-state index < -0.39 is 11.4 Å². The quantitative estimate of drug-likeness (QED) is 0.485. The molecule has 0 bridgehead atoms. The SMILES string of the molecule is CC(C)n1nc(I)cc1[C@H]1[C@@H]2C[C@](CCO)(N[S@@+]([O-])C(C)(C)C)C[C@@H]21. The first kappa shape index (κ1) is 19.9. The Kier molecular flexibility index (Phi) is 5.55. The molecule has 0 saturated heterocycles. The molecule has 0 spiro atoms.